The molecule has 0 aliphatic rings. The lowest BCUT2D eigenvalue weighted by molar-refractivity contribution is 0.0912. The fourth-order valence-electron chi connectivity index (χ4n) is 1.57. The lowest BCUT2D eigenvalue weighted by Crippen LogP contribution is -2.40. The molecule has 5 heteroatoms. The summed E-state index contributed by atoms with van der Waals surface area (Å²) in [6.45, 7) is 3.89. The topological polar surface area (TPSA) is 42.0 Å². The summed E-state index contributed by atoms with van der Waals surface area (Å²) in [5, 5.41) is 5.79. The Morgan fingerprint density at radius 1 is 1.44 bits per heavy atom. The summed E-state index contributed by atoms with van der Waals surface area (Å²) in [5.74, 6) is -0.100. The molecule has 2 rings (SSSR count). The van der Waals surface area contributed by atoms with Crippen LogP contribution in [0.5, 0.6) is 0 Å². The number of aromatic nitrogens is 1. The SMILES string of the molecule is CC(C)(NC(=O)c1cccc(Br)c1)c1nccs1. The van der Waals surface area contributed by atoms with Crippen LogP contribution >= 0.6 is 27.3 Å². The Kier molecular flexibility index (Phi) is 3.82. The van der Waals surface area contributed by atoms with Crippen molar-refractivity contribution in [1.82, 2.24) is 10.3 Å². The molecule has 0 aliphatic carbocycles. The van der Waals surface area contributed by atoms with Crippen molar-refractivity contribution in [3.05, 3.63) is 50.9 Å². The maximum atomic E-state index is 12.2. The first kappa shape index (κ1) is 13.2. The summed E-state index contributed by atoms with van der Waals surface area (Å²) >= 11 is 4.89. The number of benzene rings is 1. The van der Waals surface area contributed by atoms with Gasteiger partial charge in [0.2, 0.25) is 0 Å². The van der Waals surface area contributed by atoms with Crippen molar-refractivity contribution in [2.75, 3.05) is 0 Å². The second-order valence-corrected chi connectivity index (χ2v) is 6.24. The van der Waals surface area contributed by atoms with Gasteiger partial charge in [-0.25, -0.2) is 4.98 Å². The Bertz CT molecular complexity index is 552. The third kappa shape index (κ3) is 2.97. The van der Waals surface area contributed by atoms with Crippen LogP contribution in [0.2, 0.25) is 0 Å². The van der Waals surface area contributed by atoms with Crippen LogP contribution < -0.4 is 5.32 Å². The summed E-state index contributed by atoms with van der Waals surface area (Å²) in [6.07, 6.45) is 1.74. The number of halogens is 1. The van der Waals surface area contributed by atoms with E-state index in [1.54, 1.807) is 18.3 Å². The summed E-state index contributed by atoms with van der Waals surface area (Å²) in [7, 11) is 0. The predicted molar refractivity (Wildman–Crippen MR) is 76.7 cm³/mol. The van der Waals surface area contributed by atoms with E-state index in [2.05, 4.69) is 26.2 Å². The third-order valence-electron chi connectivity index (χ3n) is 2.48. The highest BCUT2D eigenvalue weighted by atomic mass is 79.9. The van der Waals surface area contributed by atoms with Crippen LogP contribution in [-0.2, 0) is 5.54 Å². The van der Waals surface area contributed by atoms with E-state index < -0.39 is 5.54 Å². The van der Waals surface area contributed by atoms with Gasteiger partial charge in [0.1, 0.15) is 5.01 Å². The molecule has 0 saturated heterocycles. The van der Waals surface area contributed by atoms with Gasteiger partial charge in [0.05, 0.1) is 5.54 Å². The van der Waals surface area contributed by atoms with E-state index in [1.807, 2.05) is 31.4 Å². The van der Waals surface area contributed by atoms with Gasteiger partial charge in [-0.3, -0.25) is 4.79 Å². The first-order chi connectivity index (χ1) is 8.49. The van der Waals surface area contributed by atoms with E-state index in [9.17, 15) is 4.79 Å². The number of hydrogen-bond donors (Lipinski definition) is 1. The average Bonchev–Trinajstić information content (AvgIpc) is 2.82. The molecule has 1 aromatic carbocycles. The molecule has 1 N–H and O–H groups in total. The smallest absolute Gasteiger partial charge is 0.252 e. The zero-order valence-corrected chi connectivity index (χ0v) is 12.5. The highest BCUT2D eigenvalue weighted by molar-refractivity contribution is 9.10. The molecule has 18 heavy (non-hydrogen) atoms. The number of rotatable bonds is 3. The molecule has 0 saturated carbocycles. The van der Waals surface area contributed by atoms with Crippen molar-refractivity contribution in [1.29, 1.82) is 0 Å². The predicted octanol–water partition coefficient (Wildman–Crippen LogP) is 3.57. The van der Waals surface area contributed by atoms with E-state index in [-0.39, 0.29) is 5.91 Å². The van der Waals surface area contributed by atoms with Gasteiger partial charge in [-0.05, 0) is 32.0 Å². The van der Waals surface area contributed by atoms with Crippen LogP contribution in [0.25, 0.3) is 0 Å². The second kappa shape index (κ2) is 5.20. The van der Waals surface area contributed by atoms with E-state index in [0.29, 0.717) is 5.56 Å². The number of nitrogens with one attached hydrogen (secondary N) is 1. The molecule has 0 radical (unpaired) electrons. The van der Waals surface area contributed by atoms with E-state index in [4.69, 9.17) is 0 Å². The lowest BCUT2D eigenvalue weighted by Gasteiger charge is -2.23. The summed E-state index contributed by atoms with van der Waals surface area (Å²) in [6, 6.07) is 7.32. The summed E-state index contributed by atoms with van der Waals surface area (Å²) in [5.41, 5.74) is 0.169. The number of carbonyl (C=O) groups is 1. The number of hydrogen-bond acceptors (Lipinski definition) is 3. The summed E-state index contributed by atoms with van der Waals surface area (Å²) < 4.78 is 0.891. The minimum absolute atomic E-state index is 0.100. The number of nitrogens with zero attached hydrogens (tertiary/aromatic N) is 1. The quantitative estimate of drug-likeness (QED) is 0.937. The lowest BCUT2D eigenvalue weighted by atomic mass is 10.1. The van der Waals surface area contributed by atoms with Crippen LogP contribution in [0.15, 0.2) is 40.3 Å². The van der Waals surface area contributed by atoms with Crippen LogP contribution in [0.3, 0.4) is 0 Å². The van der Waals surface area contributed by atoms with Gasteiger partial charge in [0.15, 0.2) is 0 Å². The molecule has 0 spiro atoms. The molecule has 1 heterocycles. The molecule has 0 unspecified atom stereocenters. The van der Waals surface area contributed by atoms with E-state index >= 15 is 0 Å². The zero-order chi connectivity index (χ0) is 13.2. The molecule has 94 valence electrons. The highest BCUT2D eigenvalue weighted by Gasteiger charge is 2.25. The molecule has 0 fully saturated rings. The molecule has 0 atom stereocenters. The van der Waals surface area contributed by atoms with Gasteiger partial charge in [-0.15, -0.1) is 11.3 Å². The first-order valence-electron chi connectivity index (χ1n) is 5.47. The van der Waals surface area contributed by atoms with E-state index in [0.717, 1.165) is 9.48 Å². The first-order valence-corrected chi connectivity index (χ1v) is 7.14. The Balaban J connectivity index is 2.17. The van der Waals surface area contributed by atoms with Gasteiger partial charge in [-0.2, -0.15) is 0 Å². The summed E-state index contributed by atoms with van der Waals surface area (Å²) in [4.78, 5) is 16.4. The Hall–Kier alpha value is -1.20. The van der Waals surface area contributed by atoms with E-state index in [1.165, 1.54) is 11.3 Å². The monoisotopic (exact) mass is 324 g/mol. The molecule has 1 amide bonds. The van der Waals surface area contributed by atoms with Gasteiger partial charge >= 0.3 is 0 Å². The maximum Gasteiger partial charge on any atom is 0.252 e. The fraction of sp³-hybridized carbons (Fsp3) is 0.231. The van der Waals surface area contributed by atoms with Crippen LogP contribution in [0.1, 0.15) is 29.2 Å². The molecule has 0 bridgehead atoms. The third-order valence-corrected chi connectivity index (χ3v) is 4.07. The molecule has 2 aromatic rings. The van der Waals surface area contributed by atoms with Crippen LogP contribution in [-0.4, -0.2) is 10.9 Å². The average molecular weight is 325 g/mol. The molecular formula is C13H13BrN2OS. The molecular weight excluding hydrogens is 312 g/mol. The van der Waals surface area contributed by atoms with Gasteiger partial charge in [-0.1, -0.05) is 22.0 Å². The van der Waals surface area contributed by atoms with Gasteiger partial charge < -0.3 is 5.32 Å². The Morgan fingerprint density at radius 3 is 2.83 bits per heavy atom. The molecule has 3 nitrogen and oxygen atoms in total. The van der Waals surface area contributed by atoms with Crippen molar-refractivity contribution in [2.24, 2.45) is 0 Å². The normalized spacial score (nSPS) is 11.3. The van der Waals surface area contributed by atoms with Crippen LogP contribution in [0, 0.1) is 0 Å². The maximum absolute atomic E-state index is 12.2. The number of carbonyl (C=O) groups excluding carboxylic acids is 1. The van der Waals surface area contributed by atoms with Crippen molar-refractivity contribution in [3.63, 3.8) is 0 Å². The molecule has 0 aliphatic heterocycles. The van der Waals surface area contributed by atoms with Crippen molar-refractivity contribution >= 4 is 33.2 Å². The zero-order valence-electron chi connectivity index (χ0n) is 10.1. The minimum atomic E-state index is -0.465. The number of amides is 1. The van der Waals surface area contributed by atoms with Crippen molar-refractivity contribution < 1.29 is 4.79 Å². The standard InChI is InChI=1S/C13H13BrN2OS/c1-13(2,12-15-6-7-18-12)16-11(17)9-4-3-5-10(14)8-9/h3-8H,1-2H3,(H,16,17). The largest absolute Gasteiger partial charge is 0.341 e. The van der Waals surface area contributed by atoms with Crippen LogP contribution in [0.4, 0.5) is 0 Å². The Labute approximate surface area is 118 Å². The van der Waals surface area contributed by atoms with Crippen molar-refractivity contribution in [3.8, 4) is 0 Å². The van der Waals surface area contributed by atoms with Gasteiger partial charge in [0.25, 0.3) is 5.91 Å². The molecule has 1 aromatic heterocycles. The Morgan fingerprint density at radius 2 is 2.22 bits per heavy atom. The fourth-order valence-corrected chi connectivity index (χ4v) is 2.69. The number of thiazole rings is 1. The highest BCUT2D eigenvalue weighted by Crippen LogP contribution is 2.22. The minimum Gasteiger partial charge on any atom is -0.341 e. The van der Waals surface area contributed by atoms with Crippen molar-refractivity contribution in [2.45, 2.75) is 19.4 Å². The van der Waals surface area contributed by atoms with Gasteiger partial charge in [0, 0.05) is 21.6 Å². The second-order valence-electron chi connectivity index (χ2n) is 4.43.